The minimum absolute atomic E-state index is 0.135. The summed E-state index contributed by atoms with van der Waals surface area (Å²) >= 11 is 0. The van der Waals surface area contributed by atoms with Gasteiger partial charge in [0.1, 0.15) is 5.69 Å². The molecule has 9 nitrogen and oxygen atoms in total. The number of nitrogens with one attached hydrogen (secondary N) is 1. The first-order valence-corrected chi connectivity index (χ1v) is 6.67. The zero-order valence-corrected chi connectivity index (χ0v) is 12.0. The Morgan fingerprint density at radius 3 is 2.41 bits per heavy atom. The van der Waals surface area contributed by atoms with Crippen molar-refractivity contribution >= 4 is 29.1 Å². The molecule has 0 radical (unpaired) electrons. The second-order valence-electron chi connectivity index (χ2n) is 4.90. The van der Waals surface area contributed by atoms with Crippen molar-refractivity contribution in [1.29, 1.82) is 0 Å². The normalized spacial score (nSPS) is 14.6. The summed E-state index contributed by atoms with van der Waals surface area (Å²) in [6.07, 6.45) is -0.956. The summed E-state index contributed by atoms with van der Waals surface area (Å²) in [5.41, 5.74) is 0.665. The lowest BCUT2D eigenvalue weighted by Gasteiger charge is -2.34. The number of anilines is 2. The van der Waals surface area contributed by atoms with Gasteiger partial charge < -0.3 is 20.2 Å². The predicted molar refractivity (Wildman–Crippen MR) is 79.2 cm³/mol. The molecular formula is C13H16N4O5. The maximum atomic E-state index is 11.2. The number of nitrogens with zero attached hydrogens (tertiary/aromatic N) is 3. The minimum atomic E-state index is -0.956. The van der Waals surface area contributed by atoms with E-state index in [0.717, 1.165) is 0 Å². The van der Waals surface area contributed by atoms with Crippen LogP contribution in [0.1, 0.15) is 6.92 Å². The van der Waals surface area contributed by atoms with Crippen molar-refractivity contribution in [2.24, 2.45) is 0 Å². The van der Waals surface area contributed by atoms with Gasteiger partial charge in [-0.2, -0.15) is 0 Å². The average molecular weight is 308 g/mol. The molecule has 0 atom stereocenters. The van der Waals surface area contributed by atoms with Gasteiger partial charge in [0.15, 0.2) is 0 Å². The Balaban J connectivity index is 2.20. The highest BCUT2D eigenvalue weighted by Gasteiger charge is 2.22. The molecule has 0 saturated carbocycles. The molecule has 1 aliphatic rings. The third-order valence-electron chi connectivity index (χ3n) is 3.40. The topological polar surface area (TPSA) is 116 Å². The second kappa shape index (κ2) is 6.29. The standard InChI is InChI=1S/C13H16N4O5/c1-9(18)14-11-8-10(2-3-12(11)17(21)22)15-4-6-16(7-5-15)13(19)20/h2-3,8H,4-7H2,1H3,(H,14,18)(H,19,20). The fourth-order valence-electron chi connectivity index (χ4n) is 2.33. The van der Waals surface area contributed by atoms with Crippen molar-refractivity contribution in [3.63, 3.8) is 0 Å². The number of benzene rings is 1. The first kappa shape index (κ1) is 15.5. The molecule has 1 saturated heterocycles. The molecule has 0 aliphatic carbocycles. The van der Waals surface area contributed by atoms with Crippen LogP contribution in [0.2, 0.25) is 0 Å². The molecule has 1 heterocycles. The van der Waals surface area contributed by atoms with Gasteiger partial charge in [-0.25, -0.2) is 4.79 Å². The monoisotopic (exact) mass is 308 g/mol. The number of carbonyl (C=O) groups is 2. The van der Waals surface area contributed by atoms with Crippen LogP contribution >= 0.6 is 0 Å². The summed E-state index contributed by atoms with van der Waals surface area (Å²) in [4.78, 5) is 35.7. The Morgan fingerprint density at radius 1 is 1.27 bits per heavy atom. The maximum Gasteiger partial charge on any atom is 0.407 e. The Kier molecular flexibility index (Phi) is 4.44. The Morgan fingerprint density at radius 2 is 1.91 bits per heavy atom. The fourth-order valence-corrected chi connectivity index (χ4v) is 2.33. The third-order valence-corrected chi connectivity index (χ3v) is 3.40. The smallest absolute Gasteiger partial charge is 0.407 e. The van der Waals surface area contributed by atoms with E-state index in [1.807, 2.05) is 4.90 Å². The molecule has 0 bridgehead atoms. The minimum Gasteiger partial charge on any atom is -0.465 e. The van der Waals surface area contributed by atoms with Gasteiger partial charge in [0.25, 0.3) is 5.69 Å². The molecule has 1 fully saturated rings. The lowest BCUT2D eigenvalue weighted by atomic mass is 10.2. The van der Waals surface area contributed by atoms with Crippen LogP contribution in [0.4, 0.5) is 21.9 Å². The zero-order valence-electron chi connectivity index (χ0n) is 12.0. The number of hydrogen-bond acceptors (Lipinski definition) is 5. The van der Waals surface area contributed by atoms with E-state index < -0.39 is 16.9 Å². The summed E-state index contributed by atoms with van der Waals surface area (Å²) in [5, 5.41) is 22.3. The van der Waals surface area contributed by atoms with Crippen LogP contribution < -0.4 is 10.2 Å². The van der Waals surface area contributed by atoms with Gasteiger partial charge in [-0.1, -0.05) is 0 Å². The molecule has 9 heteroatoms. The molecule has 118 valence electrons. The predicted octanol–water partition coefficient (Wildman–Crippen LogP) is 1.35. The molecule has 1 aromatic rings. The summed E-state index contributed by atoms with van der Waals surface area (Å²) in [6, 6.07) is 4.47. The van der Waals surface area contributed by atoms with Gasteiger partial charge >= 0.3 is 6.09 Å². The first-order chi connectivity index (χ1) is 10.4. The molecule has 0 aromatic heterocycles. The number of hydrogen-bond donors (Lipinski definition) is 2. The molecule has 1 aromatic carbocycles. The Bertz CT molecular complexity index is 610. The zero-order chi connectivity index (χ0) is 16.3. The van der Waals surface area contributed by atoms with Crippen LogP contribution in [0, 0.1) is 10.1 Å². The lowest BCUT2D eigenvalue weighted by molar-refractivity contribution is -0.383. The van der Waals surface area contributed by atoms with Crippen molar-refractivity contribution in [3.8, 4) is 0 Å². The maximum absolute atomic E-state index is 11.2. The van der Waals surface area contributed by atoms with E-state index >= 15 is 0 Å². The van der Waals surface area contributed by atoms with Gasteiger partial charge in [-0.05, 0) is 12.1 Å². The average Bonchev–Trinajstić information content (AvgIpc) is 2.46. The number of carbonyl (C=O) groups excluding carboxylic acids is 1. The fraction of sp³-hybridized carbons (Fsp3) is 0.385. The Hall–Kier alpha value is -2.84. The highest BCUT2D eigenvalue weighted by molar-refractivity contribution is 5.92. The van der Waals surface area contributed by atoms with E-state index in [0.29, 0.717) is 31.9 Å². The second-order valence-corrected chi connectivity index (χ2v) is 4.90. The summed E-state index contributed by atoms with van der Waals surface area (Å²) in [6.45, 7) is 2.98. The van der Waals surface area contributed by atoms with Crippen LogP contribution in [0.15, 0.2) is 18.2 Å². The van der Waals surface area contributed by atoms with E-state index in [4.69, 9.17) is 5.11 Å². The first-order valence-electron chi connectivity index (χ1n) is 6.67. The van der Waals surface area contributed by atoms with E-state index in [2.05, 4.69) is 5.32 Å². The van der Waals surface area contributed by atoms with E-state index in [9.17, 15) is 19.7 Å². The molecule has 1 aliphatic heterocycles. The van der Waals surface area contributed by atoms with E-state index in [1.54, 1.807) is 6.07 Å². The number of nitro benzene ring substituents is 1. The van der Waals surface area contributed by atoms with Crippen LogP contribution in [0.25, 0.3) is 0 Å². The van der Waals surface area contributed by atoms with Crippen molar-refractivity contribution < 1.29 is 19.6 Å². The van der Waals surface area contributed by atoms with Crippen molar-refractivity contribution in [2.75, 3.05) is 36.4 Å². The van der Waals surface area contributed by atoms with Crippen molar-refractivity contribution in [1.82, 2.24) is 4.90 Å². The summed E-state index contributed by atoms with van der Waals surface area (Å²) in [7, 11) is 0. The SMILES string of the molecule is CC(=O)Nc1cc(N2CCN(C(=O)O)CC2)ccc1[N+](=O)[O-]. The molecular weight excluding hydrogens is 292 g/mol. The van der Waals surface area contributed by atoms with Gasteiger partial charge in [0.2, 0.25) is 5.91 Å². The highest BCUT2D eigenvalue weighted by Crippen LogP contribution is 2.30. The molecule has 22 heavy (non-hydrogen) atoms. The molecule has 2 rings (SSSR count). The number of amides is 2. The van der Waals surface area contributed by atoms with Crippen LogP contribution in [0.3, 0.4) is 0 Å². The quantitative estimate of drug-likeness (QED) is 0.643. The van der Waals surface area contributed by atoms with Gasteiger partial charge in [0, 0.05) is 44.9 Å². The van der Waals surface area contributed by atoms with E-state index in [1.165, 1.54) is 24.0 Å². The van der Waals surface area contributed by atoms with Crippen molar-refractivity contribution in [3.05, 3.63) is 28.3 Å². The van der Waals surface area contributed by atoms with Crippen molar-refractivity contribution in [2.45, 2.75) is 6.92 Å². The molecule has 2 amide bonds. The highest BCUT2D eigenvalue weighted by atomic mass is 16.6. The molecule has 0 spiro atoms. The number of piperazine rings is 1. The molecule has 2 N–H and O–H groups in total. The lowest BCUT2D eigenvalue weighted by Crippen LogP contribution is -2.48. The van der Waals surface area contributed by atoms with E-state index in [-0.39, 0.29) is 11.4 Å². The number of rotatable bonds is 3. The summed E-state index contributed by atoms with van der Waals surface area (Å²) in [5.74, 6) is -0.393. The largest absolute Gasteiger partial charge is 0.465 e. The number of carboxylic acid groups (broad SMARTS) is 1. The number of nitro groups is 1. The van der Waals surface area contributed by atoms with Crippen LogP contribution in [0.5, 0.6) is 0 Å². The van der Waals surface area contributed by atoms with Gasteiger partial charge in [0.05, 0.1) is 4.92 Å². The van der Waals surface area contributed by atoms with Crippen LogP contribution in [-0.4, -0.2) is 53.1 Å². The summed E-state index contributed by atoms with van der Waals surface area (Å²) < 4.78 is 0. The van der Waals surface area contributed by atoms with Gasteiger partial charge in [-0.15, -0.1) is 0 Å². The Labute approximate surface area is 126 Å². The third kappa shape index (κ3) is 3.43. The molecule has 0 unspecified atom stereocenters. The van der Waals surface area contributed by atoms with Crippen LogP contribution in [-0.2, 0) is 4.79 Å². The van der Waals surface area contributed by atoms with Gasteiger partial charge in [-0.3, -0.25) is 14.9 Å².